The maximum atomic E-state index is 9.87. The first-order valence-electron chi connectivity index (χ1n) is 10.4. The Morgan fingerprint density at radius 3 is 0.889 bits per heavy atom. The van der Waals surface area contributed by atoms with Gasteiger partial charge in [-0.25, -0.2) is 0 Å². The molecular formula is C18H34CoF6N6O4P-5. The summed E-state index contributed by atoms with van der Waals surface area (Å²) in [6, 6.07) is 0. The van der Waals surface area contributed by atoms with E-state index < -0.39 is 7.81 Å². The fourth-order valence-corrected chi connectivity index (χ4v) is 1.75. The summed E-state index contributed by atoms with van der Waals surface area (Å²) >= 11 is 0. The van der Waals surface area contributed by atoms with Crippen LogP contribution in [0.1, 0.15) is 66.2 Å². The average Bonchev–Trinajstić information content (AvgIpc) is 2.83. The van der Waals surface area contributed by atoms with Gasteiger partial charge in [0.15, 0.2) is 0 Å². The van der Waals surface area contributed by atoms with Crippen molar-refractivity contribution < 1.29 is 52.4 Å². The molecule has 0 amide bonds. The summed E-state index contributed by atoms with van der Waals surface area (Å²) in [7, 11) is -10.7. The molecule has 18 heteroatoms. The van der Waals surface area contributed by atoms with Gasteiger partial charge < -0.3 is 41.8 Å². The number of piperidine rings is 2. The summed E-state index contributed by atoms with van der Waals surface area (Å²) < 4.78 is 59.2. The molecule has 2 N–H and O–H groups in total. The Morgan fingerprint density at radius 1 is 0.583 bits per heavy atom. The van der Waals surface area contributed by atoms with Gasteiger partial charge in [0.2, 0.25) is 0 Å². The molecule has 0 spiro atoms. The maximum Gasteiger partial charge on any atom is 0 e. The zero-order valence-corrected chi connectivity index (χ0v) is 22.4. The molecule has 0 aromatic carbocycles. The van der Waals surface area contributed by atoms with E-state index in [1.165, 1.54) is 66.2 Å². The Balaban J connectivity index is -0.000000177. The fourth-order valence-electron chi connectivity index (χ4n) is 1.75. The number of halogens is 6. The van der Waals surface area contributed by atoms with Gasteiger partial charge in [-0.15, -0.1) is 26.2 Å². The van der Waals surface area contributed by atoms with Crippen molar-refractivity contribution in [1.29, 1.82) is 0 Å². The van der Waals surface area contributed by atoms with E-state index in [9.17, 15) is 35.6 Å². The number of oxime groups is 2. The summed E-state index contributed by atoms with van der Waals surface area (Å²) in [6.45, 7) is 10.4. The predicted molar refractivity (Wildman–Crippen MR) is 130 cm³/mol. The molecule has 36 heavy (non-hydrogen) atoms. The molecule has 2 heterocycles. The SMILES string of the molecule is C1CC[N-]CC1.C1CC[N-]CC1.CC(=N\O)/C(C)=N/O.CC(=N\[O-])/C(C)=N/[O-].F[P-](F)(F)(F)(F)F.[Co]. The third-order valence-corrected chi connectivity index (χ3v) is 3.89. The van der Waals surface area contributed by atoms with Gasteiger partial charge in [-0.05, 0) is 27.7 Å². The van der Waals surface area contributed by atoms with E-state index >= 15 is 0 Å². The summed E-state index contributed by atoms with van der Waals surface area (Å²) in [5.41, 5.74) is 0.903. The molecule has 0 bridgehead atoms. The van der Waals surface area contributed by atoms with Gasteiger partial charge in [0, 0.05) is 28.2 Å². The first-order chi connectivity index (χ1) is 15.9. The van der Waals surface area contributed by atoms with Crippen LogP contribution in [0.4, 0.5) is 25.2 Å². The molecule has 2 saturated heterocycles. The van der Waals surface area contributed by atoms with Crippen LogP contribution in [-0.2, 0) is 16.8 Å². The molecule has 2 aliphatic rings. The molecule has 2 rings (SSSR count). The summed E-state index contributed by atoms with van der Waals surface area (Å²) in [4.78, 5) is 0. The summed E-state index contributed by atoms with van der Waals surface area (Å²) in [6.07, 6.45) is 8.15. The Hall–Kier alpha value is -1.68. The fraction of sp³-hybridized carbons (Fsp3) is 0.778. The molecule has 0 aromatic heterocycles. The molecule has 0 aliphatic carbocycles. The van der Waals surface area contributed by atoms with E-state index in [-0.39, 0.29) is 28.2 Å². The Kier molecular flexibility index (Phi) is 23.5. The topological polar surface area (TPSA) is 164 Å². The van der Waals surface area contributed by atoms with Crippen molar-refractivity contribution in [2.75, 3.05) is 26.2 Å². The monoisotopic (exact) mass is 602 g/mol. The molecule has 1 radical (unpaired) electrons. The molecular weight excluding hydrogens is 568 g/mol. The molecule has 10 nitrogen and oxygen atoms in total. The summed E-state index contributed by atoms with van der Waals surface area (Å²) in [5.74, 6) is 0. The minimum absolute atomic E-state index is 0. The smallest absolute Gasteiger partial charge is 0 e. The Morgan fingerprint density at radius 2 is 0.806 bits per heavy atom. The minimum atomic E-state index is -10.7. The minimum Gasteiger partial charge on any atom is 0 e. The first-order valence-corrected chi connectivity index (χ1v) is 12.5. The number of hydrogen-bond donors (Lipinski definition) is 2. The van der Waals surface area contributed by atoms with E-state index in [1.54, 1.807) is 0 Å². The largest absolute Gasteiger partial charge is 0 e. The van der Waals surface area contributed by atoms with Crippen LogP contribution in [0.15, 0.2) is 20.6 Å². The van der Waals surface area contributed by atoms with E-state index in [0.29, 0.717) is 11.4 Å². The first kappa shape index (κ1) is 41.4. The van der Waals surface area contributed by atoms with Crippen molar-refractivity contribution in [3.63, 3.8) is 0 Å². The molecule has 0 aromatic rings. The van der Waals surface area contributed by atoms with E-state index in [0.717, 1.165) is 26.2 Å². The van der Waals surface area contributed by atoms with Gasteiger partial charge >= 0.3 is 33.0 Å². The molecule has 0 unspecified atom stereocenters. The zero-order valence-electron chi connectivity index (χ0n) is 20.5. The standard InChI is InChI=1S/2C5H10N.2C4H8N2O2.Co.F6P/c2*1-2-4-6-5-3-1;2*1-3(5-7)4(2)6-8;;1-7(2,3,4,5)6/h2*1-5H2;2*7-8H,1-2H3;;/q2*-1;;;;-1/p-2/b;;2*5-3+,6-4+;;. The van der Waals surface area contributed by atoms with Crippen LogP contribution in [0.3, 0.4) is 0 Å². The average molecular weight is 602 g/mol. The predicted octanol–water partition coefficient (Wildman–Crippen LogP) is 8.06. The van der Waals surface area contributed by atoms with Crippen molar-refractivity contribution >= 4 is 30.7 Å². The van der Waals surface area contributed by atoms with Gasteiger partial charge in [0.25, 0.3) is 0 Å². The van der Waals surface area contributed by atoms with Gasteiger partial charge in [-0.1, -0.05) is 48.8 Å². The normalized spacial score (nSPS) is 18.8. The van der Waals surface area contributed by atoms with Crippen LogP contribution >= 0.6 is 7.81 Å². The molecule has 2 fully saturated rings. The molecule has 2 aliphatic heterocycles. The van der Waals surface area contributed by atoms with Crippen LogP contribution in [-0.4, -0.2) is 59.4 Å². The van der Waals surface area contributed by atoms with Gasteiger partial charge in [-0.2, -0.15) is 0 Å². The second kappa shape index (κ2) is 20.4. The van der Waals surface area contributed by atoms with Crippen LogP contribution < -0.4 is 0 Å². The number of rotatable bonds is 2. The van der Waals surface area contributed by atoms with Crippen molar-refractivity contribution in [3.8, 4) is 0 Å². The zero-order chi connectivity index (χ0) is 28.0. The third kappa shape index (κ3) is 45.8. The Labute approximate surface area is 217 Å². The van der Waals surface area contributed by atoms with Crippen LogP contribution in [0, 0.1) is 10.4 Å². The van der Waals surface area contributed by atoms with E-state index in [2.05, 4.69) is 31.3 Å². The molecule has 0 atom stereocenters. The van der Waals surface area contributed by atoms with Crippen molar-refractivity contribution in [2.45, 2.75) is 66.2 Å². The molecule has 0 saturated carbocycles. The van der Waals surface area contributed by atoms with Crippen molar-refractivity contribution in [2.24, 2.45) is 20.6 Å². The van der Waals surface area contributed by atoms with E-state index in [1.807, 2.05) is 0 Å². The van der Waals surface area contributed by atoms with Crippen LogP contribution in [0.2, 0.25) is 0 Å². The van der Waals surface area contributed by atoms with Gasteiger partial charge in [0.1, 0.15) is 11.4 Å². The number of nitrogens with zero attached hydrogens (tertiary/aromatic N) is 6. The van der Waals surface area contributed by atoms with Crippen LogP contribution in [0.25, 0.3) is 10.6 Å². The van der Waals surface area contributed by atoms with Crippen LogP contribution in [0.5, 0.6) is 0 Å². The van der Waals surface area contributed by atoms with Gasteiger partial charge in [-0.3, -0.25) is 0 Å². The van der Waals surface area contributed by atoms with Crippen molar-refractivity contribution in [1.82, 2.24) is 0 Å². The van der Waals surface area contributed by atoms with Crippen molar-refractivity contribution in [3.05, 3.63) is 21.0 Å². The van der Waals surface area contributed by atoms with E-state index in [4.69, 9.17) is 10.4 Å². The molecule has 221 valence electrons. The second-order valence-electron chi connectivity index (χ2n) is 7.15. The maximum absolute atomic E-state index is 10.7. The quantitative estimate of drug-likeness (QED) is 0.107. The third-order valence-electron chi connectivity index (χ3n) is 3.89. The second-order valence-corrected chi connectivity index (χ2v) is 9.06. The Bertz CT molecular complexity index is 577. The number of hydrogen-bond acceptors (Lipinski definition) is 8. The summed E-state index contributed by atoms with van der Waals surface area (Å²) in [5, 5.41) is 54.2. The van der Waals surface area contributed by atoms with Gasteiger partial charge in [0.05, 0.1) is 0 Å².